The van der Waals surface area contributed by atoms with Crippen LogP contribution in [0, 0.1) is 6.92 Å². The van der Waals surface area contributed by atoms with Gasteiger partial charge in [0.1, 0.15) is 6.61 Å². The standard InChI is InChI=1S/C17H14N6O3/c1-11-4-2-5-12(8-11)10-25-16-19-21-22-23(16)14-7-3-6-13(9-14)15-18-17(24)26-20-15/h2-9H,10H2,1H3,(H,18,20,24). The van der Waals surface area contributed by atoms with Crippen molar-refractivity contribution in [2.24, 2.45) is 0 Å². The van der Waals surface area contributed by atoms with Gasteiger partial charge in [-0.15, -0.1) is 0 Å². The number of tetrazole rings is 1. The molecule has 0 amide bonds. The first-order valence-corrected chi connectivity index (χ1v) is 7.82. The van der Waals surface area contributed by atoms with E-state index in [2.05, 4.69) is 30.2 Å². The van der Waals surface area contributed by atoms with Crippen molar-refractivity contribution in [3.8, 4) is 23.1 Å². The number of nitrogens with one attached hydrogen (secondary N) is 1. The zero-order valence-electron chi connectivity index (χ0n) is 13.8. The van der Waals surface area contributed by atoms with Crippen molar-refractivity contribution in [1.29, 1.82) is 0 Å². The van der Waals surface area contributed by atoms with Crippen LogP contribution in [0.2, 0.25) is 0 Å². The van der Waals surface area contributed by atoms with Crippen molar-refractivity contribution in [2.45, 2.75) is 13.5 Å². The average molecular weight is 350 g/mol. The molecule has 0 fully saturated rings. The van der Waals surface area contributed by atoms with E-state index in [-0.39, 0.29) is 6.01 Å². The Morgan fingerprint density at radius 2 is 2.08 bits per heavy atom. The fourth-order valence-corrected chi connectivity index (χ4v) is 2.52. The molecular formula is C17H14N6O3. The molecule has 0 saturated carbocycles. The molecule has 4 rings (SSSR count). The Kier molecular flexibility index (Phi) is 4.02. The van der Waals surface area contributed by atoms with Gasteiger partial charge in [0.2, 0.25) is 0 Å². The van der Waals surface area contributed by atoms with Crippen LogP contribution in [0.25, 0.3) is 17.1 Å². The lowest BCUT2D eigenvalue weighted by atomic mass is 10.1. The van der Waals surface area contributed by atoms with Crippen LogP contribution in [0.4, 0.5) is 0 Å². The average Bonchev–Trinajstić information content (AvgIpc) is 3.29. The highest BCUT2D eigenvalue weighted by Gasteiger charge is 2.12. The van der Waals surface area contributed by atoms with E-state index < -0.39 is 5.76 Å². The van der Waals surface area contributed by atoms with E-state index in [1.165, 1.54) is 4.68 Å². The summed E-state index contributed by atoms with van der Waals surface area (Å²) in [5, 5.41) is 15.3. The maximum Gasteiger partial charge on any atom is 0.439 e. The lowest BCUT2D eigenvalue weighted by Gasteiger charge is -2.07. The van der Waals surface area contributed by atoms with Gasteiger partial charge in [0.05, 0.1) is 5.69 Å². The molecule has 9 nitrogen and oxygen atoms in total. The number of ether oxygens (including phenoxy) is 1. The van der Waals surface area contributed by atoms with Crippen molar-refractivity contribution < 1.29 is 9.26 Å². The monoisotopic (exact) mass is 350 g/mol. The Hall–Kier alpha value is -3.75. The van der Waals surface area contributed by atoms with Gasteiger partial charge in [-0.3, -0.25) is 9.51 Å². The van der Waals surface area contributed by atoms with Crippen LogP contribution in [-0.2, 0) is 6.61 Å². The van der Waals surface area contributed by atoms with Crippen molar-refractivity contribution in [3.05, 3.63) is 70.2 Å². The lowest BCUT2D eigenvalue weighted by molar-refractivity contribution is 0.273. The van der Waals surface area contributed by atoms with E-state index in [0.717, 1.165) is 11.1 Å². The summed E-state index contributed by atoms with van der Waals surface area (Å²) in [5.74, 6) is -0.290. The van der Waals surface area contributed by atoms with Gasteiger partial charge in [-0.25, -0.2) is 4.79 Å². The third kappa shape index (κ3) is 3.22. The minimum absolute atomic E-state index is 0.261. The Labute approximate surface area is 147 Å². The highest BCUT2D eigenvalue weighted by molar-refractivity contribution is 5.58. The van der Waals surface area contributed by atoms with E-state index in [1.807, 2.05) is 37.3 Å². The molecule has 9 heteroatoms. The van der Waals surface area contributed by atoms with Crippen molar-refractivity contribution in [1.82, 2.24) is 30.3 Å². The van der Waals surface area contributed by atoms with Gasteiger partial charge in [0, 0.05) is 5.56 Å². The Balaban J connectivity index is 1.59. The summed E-state index contributed by atoms with van der Waals surface area (Å²) in [6.45, 7) is 2.37. The number of rotatable bonds is 5. The van der Waals surface area contributed by atoms with Crippen LogP contribution < -0.4 is 10.5 Å². The van der Waals surface area contributed by atoms with Gasteiger partial charge >= 0.3 is 11.8 Å². The predicted molar refractivity (Wildman–Crippen MR) is 90.8 cm³/mol. The first-order valence-electron chi connectivity index (χ1n) is 7.82. The van der Waals surface area contributed by atoms with Gasteiger partial charge in [-0.05, 0) is 35.0 Å². The van der Waals surface area contributed by atoms with Crippen molar-refractivity contribution in [3.63, 3.8) is 0 Å². The van der Waals surface area contributed by atoms with Crippen LogP contribution in [0.1, 0.15) is 11.1 Å². The molecule has 4 aromatic rings. The second kappa shape index (κ2) is 6.63. The summed E-state index contributed by atoms with van der Waals surface area (Å²) in [5.41, 5.74) is 3.50. The number of nitrogens with zero attached hydrogens (tertiary/aromatic N) is 5. The number of H-pyrrole nitrogens is 1. The Morgan fingerprint density at radius 3 is 2.88 bits per heavy atom. The maximum atomic E-state index is 11.1. The molecule has 0 atom stereocenters. The number of aromatic amines is 1. The number of aromatic nitrogens is 6. The van der Waals surface area contributed by atoms with Crippen LogP contribution in [-0.4, -0.2) is 30.3 Å². The highest BCUT2D eigenvalue weighted by atomic mass is 16.5. The zero-order valence-corrected chi connectivity index (χ0v) is 13.8. The quantitative estimate of drug-likeness (QED) is 0.585. The molecule has 0 radical (unpaired) electrons. The zero-order chi connectivity index (χ0) is 17.9. The molecule has 0 aliphatic rings. The van der Waals surface area contributed by atoms with Crippen LogP contribution >= 0.6 is 0 Å². The molecule has 2 heterocycles. The molecule has 26 heavy (non-hydrogen) atoms. The topological polar surface area (TPSA) is 112 Å². The summed E-state index contributed by atoms with van der Waals surface area (Å²) in [6, 6.07) is 15.4. The summed E-state index contributed by atoms with van der Waals surface area (Å²) in [4.78, 5) is 13.6. The SMILES string of the molecule is Cc1cccc(COc2nnnn2-c2cccc(-c3noc(=O)[nH]3)c2)c1. The van der Waals surface area contributed by atoms with Crippen LogP contribution in [0.15, 0.2) is 57.8 Å². The van der Waals surface area contributed by atoms with Gasteiger partial charge < -0.3 is 4.74 Å². The molecule has 0 aliphatic heterocycles. The van der Waals surface area contributed by atoms with Crippen molar-refractivity contribution >= 4 is 0 Å². The lowest BCUT2D eigenvalue weighted by Crippen LogP contribution is -2.04. The fourth-order valence-electron chi connectivity index (χ4n) is 2.52. The van der Waals surface area contributed by atoms with Crippen LogP contribution in [0.3, 0.4) is 0 Å². The van der Waals surface area contributed by atoms with E-state index in [0.29, 0.717) is 23.7 Å². The van der Waals surface area contributed by atoms with Gasteiger partial charge in [0.25, 0.3) is 0 Å². The third-order valence-electron chi connectivity index (χ3n) is 3.70. The minimum Gasteiger partial charge on any atom is -0.457 e. The van der Waals surface area contributed by atoms with E-state index in [4.69, 9.17) is 4.74 Å². The van der Waals surface area contributed by atoms with Gasteiger partial charge in [-0.1, -0.05) is 52.2 Å². The largest absolute Gasteiger partial charge is 0.457 e. The summed E-state index contributed by atoms with van der Waals surface area (Å²) < 4.78 is 11.8. The second-order valence-electron chi connectivity index (χ2n) is 5.64. The molecule has 2 aromatic carbocycles. The summed E-state index contributed by atoms with van der Waals surface area (Å²) in [7, 11) is 0. The van der Waals surface area contributed by atoms with Gasteiger partial charge in [-0.2, -0.15) is 4.68 Å². The normalized spacial score (nSPS) is 10.8. The molecule has 0 saturated heterocycles. The second-order valence-corrected chi connectivity index (χ2v) is 5.64. The highest BCUT2D eigenvalue weighted by Crippen LogP contribution is 2.20. The summed E-state index contributed by atoms with van der Waals surface area (Å²) in [6.07, 6.45) is 0. The molecule has 0 bridgehead atoms. The predicted octanol–water partition coefficient (Wildman–Crippen LogP) is 1.89. The number of benzene rings is 2. The molecule has 130 valence electrons. The van der Waals surface area contributed by atoms with E-state index in [1.54, 1.807) is 18.2 Å². The minimum atomic E-state index is -0.616. The smallest absolute Gasteiger partial charge is 0.439 e. The molecule has 0 spiro atoms. The fraction of sp³-hybridized carbons (Fsp3) is 0.118. The first-order chi connectivity index (χ1) is 12.7. The summed E-state index contributed by atoms with van der Waals surface area (Å²) >= 11 is 0. The first kappa shape index (κ1) is 15.8. The number of aryl methyl sites for hydroxylation is 1. The molecule has 0 aliphatic carbocycles. The van der Waals surface area contributed by atoms with E-state index in [9.17, 15) is 4.79 Å². The Bertz CT molecular complexity index is 1100. The van der Waals surface area contributed by atoms with E-state index >= 15 is 0 Å². The number of hydrogen-bond donors (Lipinski definition) is 1. The molecular weight excluding hydrogens is 336 g/mol. The van der Waals surface area contributed by atoms with Crippen molar-refractivity contribution in [2.75, 3.05) is 0 Å². The molecule has 2 aromatic heterocycles. The Morgan fingerprint density at radius 1 is 1.19 bits per heavy atom. The molecule has 1 N–H and O–H groups in total. The molecule has 0 unspecified atom stereocenters. The maximum absolute atomic E-state index is 11.1. The van der Waals surface area contributed by atoms with Gasteiger partial charge in [0.15, 0.2) is 5.82 Å². The third-order valence-corrected chi connectivity index (χ3v) is 3.70. The van der Waals surface area contributed by atoms with Crippen LogP contribution in [0.5, 0.6) is 6.01 Å². The number of hydrogen-bond acceptors (Lipinski definition) is 7.